The van der Waals surface area contributed by atoms with Gasteiger partial charge in [-0.1, -0.05) is 29.8 Å². The highest BCUT2D eigenvalue weighted by molar-refractivity contribution is 7.19. The van der Waals surface area contributed by atoms with Gasteiger partial charge in [0, 0.05) is 51.1 Å². The van der Waals surface area contributed by atoms with E-state index in [4.69, 9.17) is 21.1 Å². The number of esters is 1. The molecule has 0 fully saturated rings. The monoisotopic (exact) mass is 475 g/mol. The van der Waals surface area contributed by atoms with E-state index in [-0.39, 0.29) is 5.97 Å². The van der Waals surface area contributed by atoms with Crippen molar-refractivity contribution in [2.45, 2.75) is 26.4 Å². The van der Waals surface area contributed by atoms with Gasteiger partial charge in [0.1, 0.15) is 10.6 Å². The van der Waals surface area contributed by atoms with Crippen LogP contribution in [0.4, 0.5) is 5.69 Å². The molecule has 0 saturated carbocycles. The van der Waals surface area contributed by atoms with Gasteiger partial charge in [0.25, 0.3) is 0 Å². The fourth-order valence-corrected chi connectivity index (χ4v) is 6.91. The summed E-state index contributed by atoms with van der Waals surface area (Å²) in [6, 6.07) is 17.8. The van der Waals surface area contributed by atoms with E-state index in [1.807, 2.05) is 49.4 Å². The Morgan fingerprint density at radius 1 is 1.03 bits per heavy atom. The van der Waals surface area contributed by atoms with Gasteiger partial charge in [-0.05, 0) is 56.7 Å². The minimum absolute atomic E-state index is 0.315. The molecule has 0 saturated heterocycles. The Kier molecular flexibility index (Phi) is 4.51. The maximum atomic E-state index is 13.1. The number of carbonyl (C=O) groups excluding carboxylic acids is 1. The molecule has 3 heterocycles. The molecule has 0 amide bonds. The number of halogens is 1. The van der Waals surface area contributed by atoms with Gasteiger partial charge in [0.2, 0.25) is 5.60 Å². The van der Waals surface area contributed by atoms with Crippen molar-refractivity contribution < 1.29 is 14.3 Å². The topological polar surface area (TPSA) is 38.8 Å². The summed E-state index contributed by atoms with van der Waals surface area (Å²) in [7, 11) is 0. The molecule has 0 aliphatic carbocycles. The predicted molar refractivity (Wildman–Crippen MR) is 133 cm³/mol. The average molecular weight is 476 g/mol. The summed E-state index contributed by atoms with van der Waals surface area (Å²) in [4.78, 5) is 16.2. The van der Waals surface area contributed by atoms with E-state index in [2.05, 4.69) is 30.9 Å². The van der Waals surface area contributed by atoms with Crippen molar-refractivity contribution in [2.75, 3.05) is 18.0 Å². The van der Waals surface area contributed by atoms with Crippen LogP contribution in [0.5, 0.6) is 11.5 Å². The standard InChI is InChI=1S/C27H22ClNO3S/c1-4-29(5-2)17-10-11-20-21(14-17)31-24-23-15(3)12-16(28)13-22(23)33-25(24)27(20)19-9-7-6-8-18(19)26(30)32-27/h6-14H,4-5H2,1-3H3. The zero-order valence-corrected chi connectivity index (χ0v) is 20.1. The summed E-state index contributed by atoms with van der Waals surface area (Å²) in [6.45, 7) is 8.09. The molecule has 0 N–H and O–H groups in total. The number of hydrogen-bond acceptors (Lipinski definition) is 5. The fourth-order valence-electron chi connectivity index (χ4n) is 5.17. The number of hydrogen-bond donors (Lipinski definition) is 0. The van der Waals surface area contributed by atoms with Crippen LogP contribution in [-0.4, -0.2) is 19.1 Å². The number of ether oxygens (including phenoxy) is 2. The van der Waals surface area contributed by atoms with Gasteiger partial charge < -0.3 is 14.4 Å². The molecule has 0 radical (unpaired) electrons. The van der Waals surface area contributed by atoms with E-state index in [0.717, 1.165) is 56.2 Å². The molecular formula is C27H22ClNO3S. The number of benzene rings is 3. The quantitative estimate of drug-likeness (QED) is 0.292. The zero-order valence-electron chi connectivity index (χ0n) is 18.6. The first-order chi connectivity index (χ1) is 16.0. The SMILES string of the molecule is CCN(CC)c1ccc2c(c1)Oc1c(sc3cc(Cl)cc(C)c13)C21OC(=O)c2ccccc21. The molecule has 1 spiro atoms. The summed E-state index contributed by atoms with van der Waals surface area (Å²) in [5, 5.41) is 1.69. The van der Waals surface area contributed by atoms with Crippen LogP contribution in [0, 0.1) is 6.92 Å². The molecule has 4 aromatic rings. The number of carbonyl (C=O) groups is 1. The Morgan fingerprint density at radius 3 is 2.61 bits per heavy atom. The van der Waals surface area contributed by atoms with Crippen LogP contribution in [-0.2, 0) is 10.3 Å². The molecule has 166 valence electrons. The molecule has 33 heavy (non-hydrogen) atoms. The second kappa shape index (κ2) is 7.24. The summed E-state index contributed by atoms with van der Waals surface area (Å²) in [5.41, 5.74) is 3.36. The smallest absolute Gasteiger partial charge is 0.340 e. The highest BCUT2D eigenvalue weighted by Crippen LogP contribution is 2.61. The normalized spacial score (nSPS) is 18.0. The highest BCUT2D eigenvalue weighted by Gasteiger charge is 2.55. The first kappa shape index (κ1) is 20.6. The number of aryl methyl sites for hydroxylation is 1. The van der Waals surface area contributed by atoms with Crippen molar-refractivity contribution in [2.24, 2.45) is 0 Å². The zero-order chi connectivity index (χ0) is 22.9. The minimum Gasteiger partial charge on any atom is -0.455 e. The van der Waals surface area contributed by atoms with E-state index in [9.17, 15) is 4.79 Å². The average Bonchev–Trinajstić information content (AvgIpc) is 3.31. The van der Waals surface area contributed by atoms with Crippen molar-refractivity contribution in [1.29, 1.82) is 0 Å². The fraction of sp³-hybridized carbons (Fsp3) is 0.222. The Labute approximate surface area is 201 Å². The third-order valence-corrected chi connectivity index (χ3v) is 8.12. The third-order valence-electron chi connectivity index (χ3n) is 6.69. The van der Waals surface area contributed by atoms with Crippen LogP contribution < -0.4 is 9.64 Å². The van der Waals surface area contributed by atoms with E-state index >= 15 is 0 Å². The second-order valence-corrected chi connectivity index (χ2v) is 9.92. The van der Waals surface area contributed by atoms with Crippen molar-refractivity contribution in [3.63, 3.8) is 0 Å². The van der Waals surface area contributed by atoms with Gasteiger partial charge in [0.05, 0.1) is 5.56 Å². The van der Waals surface area contributed by atoms with Crippen molar-refractivity contribution >= 4 is 44.7 Å². The molecule has 3 aromatic carbocycles. The van der Waals surface area contributed by atoms with E-state index in [0.29, 0.717) is 16.3 Å². The van der Waals surface area contributed by atoms with E-state index < -0.39 is 5.60 Å². The van der Waals surface area contributed by atoms with Crippen LogP contribution in [0.3, 0.4) is 0 Å². The lowest BCUT2D eigenvalue weighted by Crippen LogP contribution is -2.32. The third kappa shape index (κ3) is 2.73. The molecule has 2 aliphatic heterocycles. The first-order valence-corrected chi connectivity index (χ1v) is 12.3. The van der Waals surface area contributed by atoms with Gasteiger partial charge in [-0.2, -0.15) is 0 Å². The summed E-state index contributed by atoms with van der Waals surface area (Å²) >= 11 is 7.97. The summed E-state index contributed by atoms with van der Waals surface area (Å²) < 4.78 is 13.9. The molecule has 1 atom stereocenters. The van der Waals surface area contributed by atoms with Gasteiger partial charge >= 0.3 is 5.97 Å². The van der Waals surface area contributed by atoms with Gasteiger partial charge in [-0.25, -0.2) is 4.79 Å². The van der Waals surface area contributed by atoms with Gasteiger partial charge in [-0.15, -0.1) is 11.3 Å². The molecule has 0 bridgehead atoms. The van der Waals surface area contributed by atoms with Crippen LogP contribution in [0.2, 0.25) is 5.02 Å². The molecule has 1 unspecified atom stereocenters. The van der Waals surface area contributed by atoms with Crippen LogP contribution in [0.15, 0.2) is 54.6 Å². The van der Waals surface area contributed by atoms with Crippen LogP contribution in [0.1, 0.15) is 45.8 Å². The van der Waals surface area contributed by atoms with Gasteiger partial charge in [-0.3, -0.25) is 0 Å². The molecular weight excluding hydrogens is 454 g/mol. The second-order valence-electron chi connectivity index (χ2n) is 8.43. The number of nitrogens with zero attached hydrogens (tertiary/aromatic N) is 1. The van der Waals surface area contributed by atoms with Crippen molar-refractivity contribution in [3.05, 3.63) is 86.8 Å². The summed E-state index contributed by atoms with van der Waals surface area (Å²) in [6.07, 6.45) is 0. The maximum absolute atomic E-state index is 13.1. The molecule has 1 aromatic heterocycles. The number of anilines is 1. The van der Waals surface area contributed by atoms with Crippen molar-refractivity contribution in [1.82, 2.24) is 0 Å². The first-order valence-electron chi connectivity index (χ1n) is 11.1. The van der Waals surface area contributed by atoms with Crippen molar-refractivity contribution in [3.8, 4) is 11.5 Å². The lowest BCUT2D eigenvalue weighted by molar-refractivity contribution is 0.0237. The van der Waals surface area contributed by atoms with Crippen LogP contribution in [0.25, 0.3) is 10.1 Å². The number of thiophene rings is 1. The predicted octanol–water partition coefficient (Wildman–Crippen LogP) is 7.28. The van der Waals surface area contributed by atoms with Gasteiger partial charge in [0.15, 0.2) is 5.75 Å². The lowest BCUT2D eigenvalue weighted by Gasteiger charge is -2.35. The largest absolute Gasteiger partial charge is 0.455 e. The Morgan fingerprint density at radius 2 is 1.82 bits per heavy atom. The maximum Gasteiger partial charge on any atom is 0.340 e. The minimum atomic E-state index is -1.04. The molecule has 6 rings (SSSR count). The van der Waals surface area contributed by atoms with E-state index in [1.165, 1.54) is 0 Å². The lowest BCUT2D eigenvalue weighted by atomic mass is 9.81. The Balaban J connectivity index is 1.71. The highest BCUT2D eigenvalue weighted by atomic mass is 35.5. The summed E-state index contributed by atoms with van der Waals surface area (Å²) in [5.74, 6) is 1.15. The molecule has 6 heteroatoms. The molecule has 2 aliphatic rings. The number of rotatable bonds is 3. The van der Waals surface area contributed by atoms with Crippen LogP contribution >= 0.6 is 22.9 Å². The number of fused-ring (bicyclic) bond motifs is 8. The Hall–Kier alpha value is -3.02. The molecule has 4 nitrogen and oxygen atoms in total. The Bertz CT molecular complexity index is 1460. The van der Waals surface area contributed by atoms with E-state index in [1.54, 1.807) is 11.3 Å².